The van der Waals surface area contributed by atoms with Gasteiger partial charge < -0.3 is 4.74 Å². The average molecular weight is 337 g/mol. The normalized spacial score (nSPS) is 10.4. The van der Waals surface area contributed by atoms with Crippen molar-refractivity contribution in [1.82, 2.24) is 0 Å². The van der Waals surface area contributed by atoms with Crippen molar-refractivity contribution in [3.63, 3.8) is 0 Å². The summed E-state index contributed by atoms with van der Waals surface area (Å²) < 4.78 is 19.6. The molecule has 20 heavy (non-hydrogen) atoms. The second kappa shape index (κ2) is 5.75. The second-order valence-electron chi connectivity index (χ2n) is 4.57. The van der Waals surface area contributed by atoms with Crippen molar-refractivity contribution in [2.45, 2.75) is 13.8 Å². The van der Waals surface area contributed by atoms with E-state index < -0.39 is 5.82 Å². The van der Waals surface area contributed by atoms with E-state index in [1.54, 1.807) is 31.4 Å². The molecule has 0 atom stereocenters. The van der Waals surface area contributed by atoms with Gasteiger partial charge in [-0.1, -0.05) is 6.07 Å². The Morgan fingerprint density at radius 3 is 2.30 bits per heavy atom. The molecule has 0 saturated carbocycles. The molecule has 0 spiro atoms. The van der Waals surface area contributed by atoms with Crippen LogP contribution in [0.5, 0.6) is 5.75 Å². The third kappa shape index (κ3) is 2.61. The minimum Gasteiger partial charge on any atom is -0.496 e. The minimum absolute atomic E-state index is 0.0523. The summed E-state index contributed by atoms with van der Waals surface area (Å²) in [6, 6.07) is 7.92. The summed E-state index contributed by atoms with van der Waals surface area (Å²) in [4.78, 5) is 12.5. The lowest BCUT2D eigenvalue weighted by Crippen LogP contribution is -2.07. The van der Waals surface area contributed by atoms with E-state index in [4.69, 9.17) is 4.74 Å². The van der Waals surface area contributed by atoms with Crippen LogP contribution in [0.2, 0.25) is 0 Å². The molecule has 4 heteroatoms. The van der Waals surface area contributed by atoms with Gasteiger partial charge in [0, 0.05) is 10.0 Å². The van der Waals surface area contributed by atoms with Crippen molar-refractivity contribution in [3.05, 3.63) is 62.9 Å². The number of aryl methyl sites for hydroxylation is 2. The Morgan fingerprint density at radius 2 is 1.80 bits per heavy atom. The lowest BCUT2D eigenvalue weighted by molar-refractivity contribution is 0.103. The van der Waals surface area contributed by atoms with E-state index in [9.17, 15) is 9.18 Å². The van der Waals surface area contributed by atoms with Crippen LogP contribution in [-0.4, -0.2) is 12.9 Å². The van der Waals surface area contributed by atoms with Crippen molar-refractivity contribution >= 4 is 21.7 Å². The summed E-state index contributed by atoms with van der Waals surface area (Å²) in [5.41, 5.74) is 2.20. The van der Waals surface area contributed by atoms with Crippen LogP contribution in [-0.2, 0) is 0 Å². The molecule has 2 rings (SSSR count). The van der Waals surface area contributed by atoms with Crippen molar-refractivity contribution in [2.75, 3.05) is 7.11 Å². The molecule has 0 unspecified atom stereocenters. The van der Waals surface area contributed by atoms with Crippen LogP contribution >= 0.6 is 15.9 Å². The molecule has 0 radical (unpaired) electrons. The molecule has 0 heterocycles. The second-order valence-corrected chi connectivity index (χ2v) is 5.42. The average Bonchev–Trinajstić information content (AvgIpc) is 2.37. The Kier molecular flexibility index (Phi) is 4.23. The molecule has 2 aromatic carbocycles. The number of benzene rings is 2. The zero-order valence-electron chi connectivity index (χ0n) is 11.5. The van der Waals surface area contributed by atoms with Gasteiger partial charge in [-0.3, -0.25) is 4.79 Å². The molecule has 0 aliphatic carbocycles. The van der Waals surface area contributed by atoms with Gasteiger partial charge in [-0.15, -0.1) is 0 Å². The predicted octanol–water partition coefficient (Wildman–Crippen LogP) is 4.44. The van der Waals surface area contributed by atoms with Crippen LogP contribution in [0, 0.1) is 19.7 Å². The fraction of sp³-hybridized carbons (Fsp3) is 0.188. The number of ketones is 1. The van der Waals surface area contributed by atoms with Crippen LogP contribution in [0.3, 0.4) is 0 Å². The number of ether oxygens (including phenoxy) is 1. The largest absolute Gasteiger partial charge is 0.496 e. The lowest BCUT2D eigenvalue weighted by atomic mass is 9.98. The van der Waals surface area contributed by atoms with Crippen LogP contribution in [0.15, 0.2) is 34.8 Å². The molecule has 104 valence electrons. The smallest absolute Gasteiger partial charge is 0.197 e. The summed E-state index contributed by atoms with van der Waals surface area (Å²) in [7, 11) is 1.59. The first kappa shape index (κ1) is 14.7. The van der Waals surface area contributed by atoms with Gasteiger partial charge >= 0.3 is 0 Å². The van der Waals surface area contributed by atoms with Gasteiger partial charge in [0.2, 0.25) is 0 Å². The van der Waals surface area contributed by atoms with Gasteiger partial charge in [0.25, 0.3) is 0 Å². The SMILES string of the molecule is COc1c(C)cc(C(=O)c2c(F)cccc2Br)cc1C. The molecule has 2 nitrogen and oxygen atoms in total. The fourth-order valence-electron chi connectivity index (χ4n) is 2.26. The van der Waals surface area contributed by atoms with E-state index in [2.05, 4.69) is 15.9 Å². The molecule has 0 N–H and O–H groups in total. The van der Waals surface area contributed by atoms with E-state index in [0.29, 0.717) is 10.0 Å². The molecule has 0 saturated heterocycles. The van der Waals surface area contributed by atoms with Crippen LogP contribution in [0.25, 0.3) is 0 Å². The zero-order chi connectivity index (χ0) is 14.9. The maximum absolute atomic E-state index is 13.9. The Balaban J connectivity index is 2.55. The Bertz CT molecular complexity index is 637. The highest BCUT2D eigenvalue weighted by atomic mass is 79.9. The lowest BCUT2D eigenvalue weighted by Gasteiger charge is -2.11. The van der Waals surface area contributed by atoms with Gasteiger partial charge in [-0.25, -0.2) is 4.39 Å². The summed E-state index contributed by atoms with van der Waals surface area (Å²) in [6.45, 7) is 3.72. The third-order valence-electron chi connectivity index (χ3n) is 3.12. The Morgan fingerprint density at radius 1 is 1.20 bits per heavy atom. The predicted molar refractivity (Wildman–Crippen MR) is 80.0 cm³/mol. The number of carbonyl (C=O) groups excluding carboxylic acids is 1. The topological polar surface area (TPSA) is 26.3 Å². The number of hydrogen-bond acceptors (Lipinski definition) is 2. The third-order valence-corrected chi connectivity index (χ3v) is 3.78. The molecule has 0 amide bonds. The van der Waals surface area contributed by atoms with E-state index in [-0.39, 0.29) is 11.3 Å². The molecule has 2 aromatic rings. The molecule has 0 aliphatic heterocycles. The number of rotatable bonds is 3. The highest BCUT2D eigenvalue weighted by molar-refractivity contribution is 9.10. The van der Waals surface area contributed by atoms with Crippen LogP contribution < -0.4 is 4.74 Å². The van der Waals surface area contributed by atoms with Gasteiger partial charge in [-0.05, 0) is 65.2 Å². The van der Waals surface area contributed by atoms with Gasteiger partial charge in [0.15, 0.2) is 5.78 Å². The highest BCUT2D eigenvalue weighted by Gasteiger charge is 2.19. The van der Waals surface area contributed by atoms with Crippen molar-refractivity contribution < 1.29 is 13.9 Å². The first-order valence-corrected chi connectivity index (χ1v) is 6.89. The maximum Gasteiger partial charge on any atom is 0.197 e. The minimum atomic E-state index is -0.532. The number of carbonyl (C=O) groups is 1. The molecule has 0 aliphatic rings. The van der Waals surface area contributed by atoms with Crippen LogP contribution in [0.4, 0.5) is 4.39 Å². The summed E-state index contributed by atoms with van der Waals surface area (Å²) in [5.74, 6) is -0.131. The Hall–Kier alpha value is -1.68. The van der Waals surface area contributed by atoms with E-state index in [1.165, 1.54) is 6.07 Å². The molecule has 0 fully saturated rings. The Labute approximate surface area is 125 Å². The maximum atomic E-state index is 13.9. The van der Waals surface area contributed by atoms with E-state index in [0.717, 1.165) is 16.9 Å². The number of hydrogen-bond donors (Lipinski definition) is 0. The zero-order valence-corrected chi connectivity index (χ0v) is 13.0. The standard InChI is InChI=1S/C16H14BrFO2/c1-9-7-11(8-10(2)16(9)20-3)15(19)14-12(17)5-4-6-13(14)18/h4-8H,1-3H3. The summed E-state index contributed by atoms with van der Waals surface area (Å²) >= 11 is 3.22. The fourth-order valence-corrected chi connectivity index (χ4v) is 2.78. The first-order valence-electron chi connectivity index (χ1n) is 6.09. The quantitative estimate of drug-likeness (QED) is 0.774. The monoisotopic (exact) mass is 336 g/mol. The number of halogens is 2. The van der Waals surface area contributed by atoms with Crippen molar-refractivity contribution in [1.29, 1.82) is 0 Å². The van der Waals surface area contributed by atoms with Gasteiger partial charge in [-0.2, -0.15) is 0 Å². The molecular weight excluding hydrogens is 323 g/mol. The summed E-state index contributed by atoms with van der Waals surface area (Å²) in [5, 5.41) is 0. The van der Waals surface area contributed by atoms with Crippen molar-refractivity contribution in [3.8, 4) is 5.75 Å². The first-order chi connectivity index (χ1) is 9.45. The number of methoxy groups -OCH3 is 1. The van der Waals surface area contributed by atoms with E-state index >= 15 is 0 Å². The highest BCUT2D eigenvalue weighted by Crippen LogP contribution is 2.28. The van der Waals surface area contributed by atoms with Gasteiger partial charge in [0.1, 0.15) is 11.6 Å². The molecular formula is C16H14BrFO2. The molecule has 0 aromatic heterocycles. The molecule has 0 bridgehead atoms. The van der Waals surface area contributed by atoms with Crippen molar-refractivity contribution in [2.24, 2.45) is 0 Å². The van der Waals surface area contributed by atoms with Crippen LogP contribution in [0.1, 0.15) is 27.0 Å². The van der Waals surface area contributed by atoms with E-state index in [1.807, 2.05) is 13.8 Å². The summed E-state index contributed by atoms with van der Waals surface area (Å²) in [6.07, 6.45) is 0. The van der Waals surface area contributed by atoms with Gasteiger partial charge in [0.05, 0.1) is 12.7 Å².